The molecular weight excluding hydrogens is 200 g/mol. The molecule has 0 unspecified atom stereocenters. The molecule has 3 N–H and O–H groups in total. The molecule has 1 aliphatic rings. The van der Waals surface area contributed by atoms with Crippen LogP contribution in [-0.2, 0) is 9.53 Å². The lowest BCUT2D eigenvalue weighted by molar-refractivity contribution is -0.135. The average molecular weight is 216 g/mol. The zero-order valence-corrected chi connectivity index (χ0v) is 8.66. The van der Waals surface area contributed by atoms with Crippen molar-refractivity contribution in [2.24, 2.45) is 0 Å². The van der Waals surface area contributed by atoms with E-state index in [4.69, 9.17) is 9.84 Å². The van der Waals surface area contributed by atoms with Crippen LogP contribution in [-0.4, -0.2) is 42.4 Å². The Labute approximate surface area is 88.0 Å². The molecule has 1 rings (SSSR count). The van der Waals surface area contributed by atoms with Crippen LogP contribution < -0.4 is 10.6 Å². The number of hydrogen-bond donors (Lipinski definition) is 3. The van der Waals surface area contributed by atoms with Crippen LogP contribution in [0.15, 0.2) is 0 Å². The minimum atomic E-state index is -1.05. The fourth-order valence-corrected chi connectivity index (χ4v) is 1.45. The highest BCUT2D eigenvalue weighted by Gasteiger charge is 2.30. The molecule has 15 heavy (non-hydrogen) atoms. The number of carbonyl (C=O) groups excluding carboxylic acids is 1. The molecule has 2 amide bonds. The van der Waals surface area contributed by atoms with Crippen LogP contribution in [0.5, 0.6) is 0 Å². The quantitative estimate of drug-likeness (QED) is 0.600. The zero-order valence-electron chi connectivity index (χ0n) is 8.66. The fourth-order valence-electron chi connectivity index (χ4n) is 1.45. The lowest BCUT2D eigenvalue weighted by Gasteiger charge is -2.35. The van der Waals surface area contributed by atoms with Crippen molar-refractivity contribution in [2.75, 3.05) is 13.2 Å². The number of aliphatic carboxylic acids is 1. The van der Waals surface area contributed by atoms with Crippen molar-refractivity contribution in [3.63, 3.8) is 0 Å². The predicted molar refractivity (Wildman–Crippen MR) is 52.6 cm³/mol. The maximum absolute atomic E-state index is 11.1. The summed E-state index contributed by atoms with van der Waals surface area (Å²) in [7, 11) is 0. The normalized spacial score (nSPS) is 24.1. The highest BCUT2D eigenvalue weighted by atomic mass is 16.5. The second-order valence-corrected chi connectivity index (χ2v) is 3.47. The van der Waals surface area contributed by atoms with Crippen LogP contribution in [0.25, 0.3) is 0 Å². The van der Waals surface area contributed by atoms with Gasteiger partial charge in [0.1, 0.15) is 6.54 Å². The van der Waals surface area contributed by atoms with E-state index in [-0.39, 0.29) is 18.7 Å². The summed E-state index contributed by atoms with van der Waals surface area (Å²) in [5.74, 6) is -1.05. The summed E-state index contributed by atoms with van der Waals surface area (Å²) >= 11 is 0. The highest BCUT2D eigenvalue weighted by molar-refractivity contribution is 5.80. The van der Waals surface area contributed by atoms with Crippen LogP contribution in [0.1, 0.15) is 19.8 Å². The Morgan fingerprint density at radius 1 is 1.47 bits per heavy atom. The Hall–Kier alpha value is -1.30. The minimum Gasteiger partial charge on any atom is -0.480 e. The van der Waals surface area contributed by atoms with Crippen molar-refractivity contribution in [3.05, 3.63) is 0 Å². The van der Waals surface area contributed by atoms with Gasteiger partial charge in [0.05, 0.1) is 6.10 Å². The number of carboxylic acids is 1. The van der Waals surface area contributed by atoms with Gasteiger partial charge in [-0.05, 0) is 19.8 Å². The molecule has 6 heteroatoms. The van der Waals surface area contributed by atoms with E-state index in [1.54, 1.807) is 0 Å². The number of ether oxygens (including phenoxy) is 1. The van der Waals surface area contributed by atoms with Gasteiger partial charge in [0, 0.05) is 12.6 Å². The molecular formula is C9H16N2O4. The molecule has 0 aromatic rings. The number of nitrogens with one attached hydrogen (secondary N) is 2. The zero-order chi connectivity index (χ0) is 11.3. The van der Waals surface area contributed by atoms with Crippen LogP contribution in [0.4, 0.5) is 4.79 Å². The van der Waals surface area contributed by atoms with Gasteiger partial charge in [-0.15, -0.1) is 0 Å². The SMILES string of the molecule is CCOC1CC(NC(=O)NCC(=O)O)C1. The maximum Gasteiger partial charge on any atom is 0.323 e. The summed E-state index contributed by atoms with van der Waals surface area (Å²) in [5, 5.41) is 13.2. The lowest BCUT2D eigenvalue weighted by Crippen LogP contribution is -2.51. The van der Waals surface area contributed by atoms with Gasteiger partial charge < -0.3 is 20.5 Å². The summed E-state index contributed by atoms with van der Waals surface area (Å²) in [6.07, 6.45) is 1.84. The van der Waals surface area contributed by atoms with Crippen LogP contribution >= 0.6 is 0 Å². The largest absolute Gasteiger partial charge is 0.480 e. The molecule has 1 fully saturated rings. The third-order valence-electron chi connectivity index (χ3n) is 2.23. The van der Waals surface area contributed by atoms with E-state index in [2.05, 4.69) is 10.6 Å². The first-order chi connectivity index (χ1) is 7.11. The Bertz CT molecular complexity index is 238. The van der Waals surface area contributed by atoms with Crippen molar-refractivity contribution in [3.8, 4) is 0 Å². The molecule has 1 saturated carbocycles. The first kappa shape index (κ1) is 11.8. The maximum atomic E-state index is 11.1. The number of carbonyl (C=O) groups is 2. The van der Waals surface area contributed by atoms with E-state index in [0.29, 0.717) is 6.61 Å². The summed E-state index contributed by atoms with van der Waals surface area (Å²) in [6, 6.07) is -0.326. The van der Waals surface area contributed by atoms with Gasteiger partial charge in [-0.2, -0.15) is 0 Å². The van der Waals surface area contributed by atoms with Gasteiger partial charge >= 0.3 is 12.0 Å². The summed E-state index contributed by atoms with van der Waals surface area (Å²) in [6.45, 7) is 2.26. The fraction of sp³-hybridized carbons (Fsp3) is 0.778. The molecule has 86 valence electrons. The number of hydrogen-bond acceptors (Lipinski definition) is 3. The van der Waals surface area contributed by atoms with Crippen LogP contribution in [0.2, 0.25) is 0 Å². The van der Waals surface area contributed by atoms with Crippen molar-refractivity contribution in [1.82, 2.24) is 10.6 Å². The highest BCUT2D eigenvalue weighted by Crippen LogP contribution is 2.22. The molecule has 0 aromatic heterocycles. The van der Waals surface area contributed by atoms with E-state index in [9.17, 15) is 9.59 Å². The molecule has 0 bridgehead atoms. The second kappa shape index (κ2) is 5.55. The molecule has 0 aromatic carbocycles. The second-order valence-electron chi connectivity index (χ2n) is 3.47. The topological polar surface area (TPSA) is 87.7 Å². The average Bonchev–Trinajstić information content (AvgIpc) is 2.11. The minimum absolute atomic E-state index is 0.107. The molecule has 0 saturated heterocycles. The Morgan fingerprint density at radius 2 is 2.13 bits per heavy atom. The monoisotopic (exact) mass is 216 g/mol. The molecule has 6 nitrogen and oxygen atoms in total. The smallest absolute Gasteiger partial charge is 0.323 e. The summed E-state index contributed by atoms with van der Waals surface area (Å²) in [4.78, 5) is 21.2. The third-order valence-corrected chi connectivity index (χ3v) is 2.23. The molecule has 0 aliphatic heterocycles. The first-order valence-electron chi connectivity index (χ1n) is 4.99. The summed E-state index contributed by atoms with van der Waals surface area (Å²) < 4.78 is 5.32. The predicted octanol–water partition coefficient (Wildman–Crippen LogP) is -0.0623. The first-order valence-corrected chi connectivity index (χ1v) is 4.99. The van der Waals surface area contributed by atoms with Crippen molar-refractivity contribution in [1.29, 1.82) is 0 Å². The van der Waals surface area contributed by atoms with Gasteiger partial charge in [0.25, 0.3) is 0 Å². The lowest BCUT2D eigenvalue weighted by atomic mass is 9.89. The molecule has 0 radical (unpaired) electrons. The van der Waals surface area contributed by atoms with Crippen LogP contribution in [0, 0.1) is 0 Å². The standard InChI is InChI=1S/C9H16N2O4/c1-2-15-7-3-6(4-7)11-9(14)10-5-8(12)13/h6-7H,2-5H2,1H3,(H,12,13)(H2,10,11,14). The molecule has 0 heterocycles. The third kappa shape index (κ3) is 4.16. The number of amides is 2. The van der Waals surface area contributed by atoms with Gasteiger partial charge in [-0.25, -0.2) is 4.79 Å². The van der Waals surface area contributed by atoms with E-state index < -0.39 is 12.0 Å². The van der Waals surface area contributed by atoms with Gasteiger partial charge in [-0.1, -0.05) is 0 Å². The number of carboxylic acid groups (broad SMARTS) is 1. The Balaban J connectivity index is 2.06. The van der Waals surface area contributed by atoms with Gasteiger partial charge in [0.2, 0.25) is 0 Å². The van der Waals surface area contributed by atoms with Gasteiger partial charge in [0.15, 0.2) is 0 Å². The van der Waals surface area contributed by atoms with Crippen molar-refractivity contribution in [2.45, 2.75) is 31.9 Å². The van der Waals surface area contributed by atoms with E-state index in [0.717, 1.165) is 12.8 Å². The number of urea groups is 1. The summed E-state index contributed by atoms with van der Waals surface area (Å²) in [5.41, 5.74) is 0. The van der Waals surface area contributed by atoms with Crippen molar-refractivity contribution >= 4 is 12.0 Å². The Kier molecular flexibility index (Phi) is 4.36. The van der Waals surface area contributed by atoms with Crippen LogP contribution in [0.3, 0.4) is 0 Å². The molecule has 1 aliphatic carbocycles. The molecule has 0 atom stereocenters. The van der Waals surface area contributed by atoms with E-state index in [1.165, 1.54) is 0 Å². The van der Waals surface area contributed by atoms with E-state index in [1.807, 2.05) is 6.92 Å². The molecule has 0 spiro atoms. The number of rotatable bonds is 5. The Morgan fingerprint density at radius 3 is 2.67 bits per heavy atom. The van der Waals surface area contributed by atoms with E-state index >= 15 is 0 Å². The van der Waals surface area contributed by atoms with Gasteiger partial charge in [-0.3, -0.25) is 4.79 Å². The van der Waals surface area contributed by atoms with Crippen molar-refractivity contribution < 1.29 is 19.4 Å².